The van der Waals surface area contributed by atoms with E-state index < -0.39 is 0 Å². The van der Waals surface area contributed by atoms with Crippen molar-refractivity contribution in [3.05, 3.63) is 65.7 Å². The fourth-order valence-electron chi connectivity index (χ4n) is 2.69. The second-order valence-electron chi connectivity index (χ2n) is 7.10. The Morgan fingerprint density at radius 3 is 1.51 bits per heavy atom. The summed E-state index contributed by atoms with van der Waals surface area (Å²) in [5.41, 5.74) is 1.14. The van der Waals surface area contributed by atoms with E-state index in [2.05, 4.69) is 0 Å². The van der Waals surface area contributed by atoms with E-state index in [9.17, 15) is 9.59 Å². The lowest BCUT2D eigenvalue weighted by Gasteiger charge is -2.09. The van der Waals surface area contributed by atoms with Gasteiger partial charge in [-0.15, -0.1) is 0 Å². The Kier molecular flexibility index (Phi) is 15.8. The monoisotopic (exact) mass is 490 g/mol. The first-order valence-corrected chi connectivity index (χ1v) is 11.6. The van der Waals surface area contributed by atoms with Gasteiger partial charge < -0.3 is 33.2 Å². The molecule has 2 aromatic carbocycles. The Morgan fingerprint density at radius 2 is 1.03 bits per heavy atom. The van der Waals surface area contributed by atoms with Crippen LogP contribution in [0.2, 0.25) is 0 Å². The largest absolute Gasteiger partial charge is 0.491 e. The normalized spacial score (nSPS) is 10.7. The zero-order valence-electron chi connectivity index (χ0n) is 19.9. The summed E-state index contributed by atoms with van der Waals surface area (Å²) in [5.74, 6) is 0.343. The van der Waals surface area contributed by atoms with E-state index in [0.29, 0.717) is 89.6 Å². The van der Waals surface area contributed by atoms with Gasteiger partial charge in [-0.3, -0.25) is 4.79 Å². The highest BCUT2D eigenvalue weighted by Crippen LogP contribution is 2.10. The highest BCUT2D eigenvalue weighted by molar-refractivity contribution is 5.89. The number of aldehydes is 1. The minimum absolute atomic E-state index is 0.202. The average molecular weight is 491 g/mol. The van der Waals surface area contributed by atoms with Crippen LogP contribution in [0.5, 0.6) is 5.75 Å². The van der Waals surface area contributed by atoms with Gasteiger partial charge in [-0.1, -0.05) is 18.2 Å². The van der Waals surface area contributed by atoms with Gasteiger partial charge in [0, 0.05) is 5.56 Å². The van der Waals surface area contributed by atoms with Crippen LogP contribution in [0.15, 0.2) is 54.6 Å². The molecule has 0 aliphatic heterocycles. The number of carbonyl (C=O) groups excluding carboxylic acids is 2. The number of rotatable bonds is 21. The molecule has 9 heteroatoms. The van der Waals surface area contributed by atoms with Crippen molar-refractivity contribution in [3.63, 3.8) is 0 Å². The average Bonchev–Trinajstić information content (AvgIpc) is 2.90. The van der Waals surface area contributed by atoms with Crippen LogP contribution in [0.1, 0.15) is 20.7 Å². The van der Waals surface area contributed by atoms with E-state index >= 15 is 0 Å². The molecular weight excluding hydrogens is 456 g/mol. The zero-order valence-corrected chi connectivity index (χ0v) is 19.9. The summed E-state index contributed by atoms with van der Waals surface area (Å²) in [6, 6.07) is 15.7. The zero-order chi connectivity index (χ0) is 24.8. The van der Waals surface area contributed by atoms with E-state index in [1.165, 1.54) is 0 Å². The lowest BCUT2D eigenvalue weighted by molar-refractivity contribution is -0.0163. The maximum absolute atomic E-state index is 11.7. The number of carbonyl (C=O) groups is 2. The van der Waals surface area contributed by atoms with Gasteiger partial charge in [-0.2, -0.15) is 0 Å². The Labute approximate surface area is 206 Å². The molecule has 0 aliphatic carbocycles. The molecule has 0 unspecified atom stereocenters. The van der Waals surface area contributed by atoms with Crippen molar-refractivity contribution in [2.45, 2.75) is 0 Å². The minimum atomic E-state index is -0.357. The summed E-state index contributed by atoms with van der Waals surface area (Å²) in [5, 5.41) is 0. The Hall–Kier alpha value is -2.82. The van der Waals surface area contributed by atoms with Gasteiger partial charge in [0.25, 0.3) is 0 Å². The number of benzene rings is 2. The minimum Gasteiger partial charge on any atom is -0.491 e. The first-order chi connectivity index (χ1) is 17.3. The van der Waals surface area contributed by atoms with Crippen LogP contribution >= 0.6 is 0 Å². The molecule has 0 spiro atoms. The summed E-state index contributed by atoms with van der Waals surface area (Å²) in [7, 11) is 0. The molecule has 0 saturated heterocycles. The van der Waals surface area contributed by atoms with Crippen LogP contribution in [-0.2, 0) is 28.4 Å². The van der Waals surface area contributed by atoms with Crippen LogP contribution in [-0.4, -0.2) is 91.5 Å². The molecule has 0 aromatic heterocycles. The fourth-order valence-corrected chi connectivity index (χ4v) is 2.69. The summed E-state index contributed by atoms with van der Waals surface area (Å²) in [6.07, 6.45) is 0.793. The molecule has 35 heavy (non-hydrogen) atoms. The molecular formula is C26H34O9. The lowest BCUT2D eigenvalue weighted by atomic mass is 10.2. The Morgan fingerprint density at radius 1 is 0.571 bits per heavy atom. The van der Waals surface area contributed by atoms with Crippen LogP contribution < -0.4 is 4.74 Å². The van der Waals surface area contributed by atoms with Gasteiger partial charge >= 0.3 is 5.97 Å². The predicted octanol–water partition coefficient (Wildman–Crippen LogP) is 2.82. The molecule has 0 fully saturated rings. The maximum atomic E-state index is 11.7. The number of esters is 1. The quantitative estimate of drug-likeness (QED) is 0.149. The molecule has 0 bridgehead atoms. The third-order valence-corrected chi connectivity index (χ3v) is 4.47. The van der Waals surface area contributed by atoms with Gasteiger partial charge in [0.15, 0.2) is 0 Å². The molecule has 192 valence electrons. The van der Waals surface area contributed by atoms with Gasteiger partial charge in [-0.25, -0.2) is 4.79 Å². The molecule has 0 atom stereocenters. The van der Waals surface area contributed by atoms with Gasteiger partial charge in [0.2, 0.25) is 0 Å². The third kappa shape index (κ3) is 14.2. The van der Waals surface area contributed by atoms with E-state index in [-0.39, 0.29) is 12.6 Å². The summed E-state index contributed by atoms with van der Waals surface area (Å²) >= 11 is 0. The SMILES string of the molecule is O=Cc1ccc(OCCOCCOCCOCCOCCOCCOC(=O)c2ccccc2)cc1. The maximum Gasteiger partial charge on any atom is 0.338 e. The van der Waals surface area contributed by atoms with Crippen LogP contribution in [0.3, 0.4) is 0 Å². The topological polar surface area (TPSA) is 98.8 Å². The molecule has 0 heterocycles. The van der Waals surface area contributed by atoms with Crippen molar-refractivity contribution >= 4 is 12.3 Å². The van der Waals surface area contributed by atoms with Crippen molar-refractivity contribution in [2.75, 3.05) is 79.3 Å². The second kappa shape index (κ2) is 19.5. The van der Waals surface area contributed by atoms with Crippen LogP contribution in [0.25, 0.3) is 0 Å². The summed E-state index contributed by atoms with van der Waals surface area (Å²) < 4.78 is 37.7. The second-order valence-corrected chi connectivity index (χ2v) is 7.10. The Bertz CT molecular complexity index is 796. The third-order valence-electron chi connectivity index (χ3n) is 4.47. The molecule has 0 N–H and O–H groups in total. The summed E-state index contributed by atoms with van der Waals surface area (Å²) in [6.45, 7) is 5.12. The standard InChI is InChI=1S/C26H34O9/c27-22-23-6-8-25(9-7-23)34-20-18-32-16-14-30-12-10-29-11-13-31-15-17-33-19-21-35-26(28)24-4-2-1-3-5-24/h1-9,22H,10-21H2. The smallest absolute Gasteiger partial charge is 0.338 e. The van der Waals surface area contributed by atoms with Gasteiger partial charge in [0.05, 0.1) is 71.6 Å². The van der Waals surface area contributed by atoms with Gasteiger partial charge in [-0.05, 0) is 36.4 Å². The number of ether oxygens (including phenoxy) is 7. The highest BCUT2D eigenvalue weighted by Gasteiger charge is 2.05. The fraction of sp³-hybridized carbons (Fsp3) is 0.462. The molecule has 9 nitrogen and oxygen atoms in total. The number of hydrogen-bond acceptors (Lipinski definition) is 9. The van der Waals surface area contributed by atoms with Crippen molar-refractivity contribution in [1.82, 2.24) is 0 Å². The first-order valence-electron chi connectivity index (χ1n) is 11.6. The van der Waals surface area contributed by atoms with E-state index in [1.54, 1.807) is 48.5 Å². The van der Waals surface area contributed by atoms with Crippen molar-refractivity contribution in [3.8, 4) is 5.75 Å². The van der Waals surface area contributed by atoms with Crippen molar-refractivity contribution in [1.29, 1.82) is 0 Å². The highest BCUT2D eigenvalue weighted by atomic mass is 16.6. The predicted molar refractivity (Wildman–Crippen MR) is 128 cm³/mol. The van der Waals surface area contributed by atoms with Gasteiger partial charge in [0.1, 0.15) is 25.2 Å². The molecule has 0 radical (unpaired) electrons. The van der Waals surface area contributed by atoms with Crippen molar-refractivity contribution in [2.24, 2.45) is 0 Å². The van der Waals surface area contributed by atoms with Crippen LogP contribution in [0, 0.1) is 0 Å². The Balaban J connectivity index is 1.25. The molecule has 0 aliphatic rings. The molecule has 0 saturated carbocycles. The van der Waals surface area contributed by atoms with E-state index in [4.69, 9.17) is 33.2 Å². The first kappa shape index (κ1) is 28.4. The van der Waals surface area contributed by atoms with Crippen molar-refractivity contribution < 1.29 is 42.7 Å². The summed E-state index contributed by atoms with van der Waals surface area (Å²) in [4.78, 5) is 22.3. The number of hydrogen-bond donors (Lipinski definition) is 0. The molecule has 0 amide bonds. The molecule has 2 aromatic rings. The van der Waals surface area contributed by atoms with E-state index in [0.717, 1.165) is 6.29 Å². The van der Waals surface area contributed by atoms with E-state index in [1.807, 2.05) is 6.07 Å². The lowest BCUT2D eigenvalue weighted by Crippen LogP contribution is -2.15. The van der Waals surface area contributed by atoms with Crippen LogP contribution in [0.4, 0.5) is 0 Å². The molecule has 2 rings (SSSR count).